The zero-order valence-electron chi connectivity index (χ0n) is 13.8. The lowest BCUT2D eigenvalue weighted by Crippen LogP contribution is -2.15. The van der Waals surface area contributed by atoms with E-state index in [4.69, 9.17) is 0 Å². The van der Waals surface area contributed by atoms with Crippen LogP contribution in [0.2, 0.25) is 0 Å². The topological polar surface area (TPSA) is 46.9 Å². The van der Waals surface area contributed by atoms with Crippen LogP contribution in [0, 0.1) is 20.8 Å². The third kappa shape index (κ3) is 3.26. The first-order valence-electron chi connectivity index (χ1n) is 7.83. The molecule has 1 N–H and O–H groups in total. The third-order valence-corrected chi connectivity index (χ3v) is 4.20. The Bertz CT molecular complexity index is 864. The van der Waals surface area contributed by atoms with Crippen LogP contribution < -0.4 is 5.32 Å². The Morgan fingerprint density at radius 3 is 2.70 bits per heavy atom. The van der Waals surface area contributed by atoms with Gasteiger partial charge in [-0.15, -0.1) is 0 Å². The van der Waals surface area contributed by atoms with Gasteiger partial charge >= 0.3 is 0 Å². The van der Waals surface area contributed by atoms with Crippen LogP contribution in [-0.2, 0) is 11.3 Å². The number of carbonyl (C=O) groups excluding carboxylic acids is 1. The number of fused-ring (bicyclic) bond motifs is 1. The second kappa shape index (κ2) is 6.24. The van der Waals surface area contributed by atoms with Gasteiger partial charge in [0.05, 0.1) is 18.3 Å². The largest absolute Gasteiger partial charge is 0.326 e. The van der Waals surface area contributed by atoms with Crippen molar-refractivity contribution in [2.45, 2.75) is 33.7 Å². The summed E-state index contributed by atoms with van der Waals surface area (Å²) in [6.07, 6.45) is 2.25. The van der Waals surface area contributed by atoms with Crippen molar-refractivity contribution in [3.8, 4) is 0 Å². The highest BCUT2D eigenvalue weighted by molar-refractivity contribution is 5.91. The van der Waals surface area contributed by atoms with E-state index in [0.29, 0.717) is 13.0 Å². The van der Waals surface area contributed by atoms with Crippen LogP contribution >= 0.6 is 0 Å². The number of aryl methyl sites for hydroxylation is 4. The van der Waals surface area contributed by atoms with Crippen molar-refractivity contribution in [1.82, 2.24) is 9.78 Å². The molecule has 1 heterocycles. The number of para-hydroxylation sites is 1. The molecule has 0 fully saturated rings. The number of rotatable bonds is 4. The van der Waals surface area contributed by atoms with Gasteiger partial charge in [0.1, 0.15) is 0 Å². The highest BCUT2D eigenvalue weighted by Gasteiger charge is 2.08. The molecule has 0 aliphatic heterocycles. The lowest BCUT2D eigenvalue weighted by atomic mass is 10.1. The van der Waals surface area contributed by atoms with Crippen LogP contribution in [0.4, 0.5) is 5.69 Å². The summed E-state index contributed by atoms with van der Waals surface area (Å²) < 4.78 is 1.91. The van der Waals surface area contributed by atoms with E-state index < -0.39 is 0 Å². The summed E-state index contributed by atoms with van der Waals surface area (Å²) in [7, 11) is 0. The maximum atomic E-state index is 12.2. The van der Waals surface area contributed by atoms with E-state index in [1.807, 2.05) is 48.1 Å². The Balaban J connectivity index is 1.67. The van der Waals surface area contributed by atoms with Crippen molar-refractivity contribution in [1.29, 1.82) is 0 Å². The summed E-state index contributed by atoms with van der Waals surface area (Å²) in [6, 6.07) is 12.1. The number of anilines is 1. The zero-order chi connectivity index (χ0) is 16.4. The second-order valence-electron chi connectivity index (χ2n) is 5.98. The van der Waals surface area contributed by atoms with Crippen molar-refractivity contribution >= 4 is 22.5 Å². The first kappa shape index (κ1) is 15.3. The van der Waals surface area contributed by atoms with Crippen LogP contribution in [-0.4, -0.2) is 15.7 Å². The Morgan fingerprint density at radius 2 is 1.91 bits per heavy atom. The molecule has 0 atom stereocenters. The normalized spacial score (nSPS) is 10.9. The van der Waals surface area contributed by atoms with Crippen LogP contribution in [0.25, 0.3) is 10.9 Å². The predicted octanol–water partition coefficient (Wildman–Crippen LogP) is 3.99. The Morgan fingerprint density at radius 1 is 1.09 bits per heavy atom. The molecular formula is C19H21N3O. The average molecular weight is 307 g/mol. The fourth-order valence-electron chi connectivity index (χ4n) is 2.75. The lowest BCUT2D eigenvalue weighted by molar-refractivity contribution is -0.116. The van der Waals surface area contributed by atoms with Gasteiger partial charge in [0, 0.05) is 17.5 Å². The smallest absolute Gasteiger partial charge is 0.226 e. The van der Waals surface area contributed by atoms with E-state index in [1.165, 1.54) is 16.7 Å². The van der Waals surface area contributed by atoms with Gasteiger partial charge in [0.25, 0.3) is 0 Å². The molecule has 4 heteroatoms. The highest BCUT2D eigenvalue weighted by Crippen LogP contribution is 2.18. The first-order valence-corrected chi connectivity index (χ1v) is 7.83. The molecule has 0 unspecified atom stereocenters. The fourth-order valence-corrected chi connectivity index (χ4v) is 2.75. The Hall–Kier alpha value is -2.62. The molecule has 0 aliphatic rings. The average Bonchev–Trinajstić information content (AvgIpc) is 2.94. The maximum Gasteiger partial charge on any atom is 0.226 e. The monoisotopic (exact) mass is 307 g/mol. The van der Waals surface area contributed by atoms with E-state index in [0.717, 1.165) is 16.6 Å². The van der Waals surface area contributed by atoms with Gasteiger partial charge in [-0.3, -0.25) is 9.48 Å². The van der Waals surface area contributed by atoms with E-state index >= 15 is 0 Å². The molecule has 4 nitrogen and oxygen atoms in total. The molecule has 0 spiro atoms. The molecule has 1 aromatic heterocycles. The van der Waals surface area contributed by atoms with Gasteiger partial charge in [-0.1, -0.05) is 24.3 Å². The summed E-state index contributed by atoms with van der Waals surface area (Å²) in [5.74, 6) is 0.00508. The number of carbonyl (C=O) groups is 1. The van der Waals surface area contributed by atoms with Gasteiger partial charge in [-0.05, 0) is 49.6 Å². The predicted molar refractivity (Wildman–Crippen MR) is 93.6 cm³/mol. The SMILES string of the molecule is Cc1ccc(NC(=O)CCn2ncc3cccc(C)c32)cc1C. The van der Waals surface area contributed by atoms with Gasteiger partial charge < -0.3 is 5.32 Å². The first-order chi connectivity index (χ1) is 11.0. The molecular weight excluding hydrogens is 286 g/mol. The molecule has 0 saturated carbocycles. The number of nitrogens with zero attached hydrogens (tertiary/aromatic N) is 2. The highest BCUT2D eigenvalue weighted by atomic mass is 16.1. The molecule has 1 amide bonds. The molecule has 0 radical (unpaired) electrons. The zero-order valence-corrected chi connectivity index (χ0v) is 13.8. The van der Waals surface area contributed by atoms with Gasteiger partial charge in [0.15, 0.2) is 0 Å². The van der Waals surface area contributed by atoms with Crippen molar-refractivity contribution in [2.75, 3.05) is 5.32 Å². The van der Waals surface area contributed by atoms with Crippen LogP contribution in [0.1, 0.15) is 23.1 Å². The van der Waals surface area contributed by atoms with Crippen molar-refractivity contribution in [3.63, 3.8) is 0 Å². The number of nitrogens with one attached hydrogen (secondary N) is 1. The summed E-state index contributed by atoms with van der Waals surface area (Å²) in [5.41, 5.74) is 5.53. The second-order valence-corrected chi connectivity index (χ2v) is 5.98. The summed E-state index contributed by atoms with van der Waals surface area (Å²) in [5, 5.41) is 8.46. The molecule has 0 bridgehead atoms. The van der Waals surface area contributed by atoms with Crippen molar-refractivity contribution in [3.05, 3.63) is 59.3 Å². The van der Waals surface area contributed by atoms with Gasteiger partial charge in [0.2, 0.25) is 5.91 Å². The summed E-state index contributed by atoms with van der Waals surface area (Å²) in [4.78, 5) is 12.2. The van der Waals surface area contributed by atoms with E-state index in [-0.39, 0.29) is 5.91 Å². The Labute approximate surface area is 136 Å². The van der Waals surface area contributed by atoms with Crippen molar-refractivity contribution < 1.29 is 4.79 Å². The molecule has 118 valence electrons. The number of aromatic nitrogens is 2. The van der Waals surface area contributed by atoms with E-state index in [9.17, 15) is 4.79 Å². The van der Waals surface area contributed by atoms with E-state index in [2.05, 4.69) is 30.3 Å². The number of hydrogen-bond acceptors (Lipinski definition) is 2. The number of benzene rings is 2. The van der Waals surface area contributed by atoms with Gasteiger partial charge in [-0.25, -0.2) is 0 Å². The molecule has 2 aromatic carbocycles. The molecule has 0 aliphatic carbocycles. The number of hydrogen-bond donors (Lipinski definition) is 1. The minimum atomic E-state index is 0.00508. The summed E-state index contributed by atoms with van der Waals surface area (Å²) in [6.45, 7) is 6.75. The minimum absolute atomic E-state index is 0.00508. The van der Waals surface area contributed by atoms with Crippen LogP contribution in [0.5, 0.6) is 0 Å². The molecule has 0 saturated heterocycles. The lowest BCUT2D eigenvalue weighted by Gasteiger charge is -2.09. The van der Waals surface area contributed by atoms with Gasteiger partial charge in [-0.2, -0.15) is 5.10 Å². The fraction of sp³-hybridized carbons (Fsp3) is 0.263. The standard InChI is InChI=1S/C19H21N3O/c1-13-7-8-17(11-15(13)3)21-18(23)9-10-22-19-14(2)5-4-6-16(19)12-20-22/h4-8,11-12H,9-10H2,1-3H3,(H,21,23). The Kier molecular flexibility index (Phi) is 4.15. The minimum Gasteiger partial charge on any atom is -0.326 e. The summed E-state index contributed by atoms with van der Waals surface area (Å²) >= 11 is 0. The molecule has 3 rings (SSSR count). The van der Waals surface area contributed by atoms with Crippen LogP contribution in [0.3, 0.4) is 0 Å². The van der Waals surface area contributed by atoms with E-state index in [1.54, 1.807) is 0 Å². The number of amides is 1. The molecule has 3 aromatic rings. The van der Waals surface area contributed by atoms with Crippen LogP contribution in [0.15, 0.2) is 42.6 Å². The third-order valence-electron chi connectivity index (χ3n) is 4.20. The van der Waals surface area contributed by atoms with Crippen molar-refractivity contribution in [2.24, 2.45) is 0 Å². The molecule has 23 heavy (non-hydrogen) atoms. The maximum absolute atomic E-state index is 12.2. The quantitative estimate of drug-likeness (QED) is 0.792.